The highest BCUT2D eigenvalue weighted by Gasteiger charge is 2.36. The van der Waals surface area contributed by atoms with Gasteiger partial charge in [-0.3, -0.25) is 9.00 Å². The summed E-state index contributed by atoms with van der Waals surface area (Å²) in [5, 5.41) is 12.4. The van der Waals surface area contributed by atoms with Crippen molar-refractivity contribution in [1.29, 1.82) is 0 Å². The van der Waals surface area contributed by atoms with Crippen LogP contribution in [-0.4, -0.2) is 80.8 Å². The van der Waals surface area contributed by atoms with E-state index in [1.54, 1.807) is 7.05 Å². The molecule has 13 heteroatoms. The molecule has 0 radical (unpaired) electrons. The molecule has 43 heavy (non-hydrogen) atoms. The van der Waals surface area contributed by atoms with E-state index in [2.05, 4.69) is 5.32 Å². The van der Waals surface area contributed by atoms with E-state index in [1.165, 1.54) is 4.31 Å². The Kier molecular flexibility index (Phi) is 9.77. The fourth-order valence-electron chi connectivity index (χ4n) is 5.44. The van der Waals surface area contributed by atoms with E-state index >= 15 is 0 Å². The van der Waals surface area contributed by atoms with Crippen LogP contribution in [0, 0.1) is 6.92 Å². The van der Waals surface area contributed by atoms with Gasteiger partial charge in [0.25, 0.3) is 5.91 Å². The number of rotatable bonds is 13. The van der Waals surface area contributed by atoms with Gasteiger partial charge in [-0.15, -0.1) is 0 Å². The molecule has 2 N–H and O–H groups in total. The SMILES string of the molecule is CNC(=O)c1c(-c2ccc(C)cc2)oc2nc(CN(CCOCCC3(OC(=O)O)CCOCC3)S(=O)[O-])c(C3CC3)cc12. The summed E-state index contributed by atoms with van der Waals surface area (Å²) < 4.78 is 48.1. The van der Waals surface area contributed by atoms with Gasteiger partial charge in [0.05, 0.1) is 49.6 Å². The molecule has 2 aliphatic rings. The van der Waals surface area contributed by atoms with Crippen LogP contribution in [0.4, 0.5) is 4.79 Å². The van der Waals surface area contributed by atoms with E-state index in [9.17, 15) is 18.4 Å². The predicted molar refractivity (Wildman–Crippen MR) is 156 cm³/mol. The van der Waals surface area contributed by atoms with Crippen LogP contribution < -0.4 is 5.32 Å². The molecule has 1 aliphatic heterocycles. The number of carbonyl (C=O) groups excluding carboxylic acids is 1. The molecule has 3 aromatic rings. The van der Waals surface area contributed by atoms with Gasteiger partial charge >= 0.3 is 6.16 Å². The van der Waals surface area contributed by atoms with Crippen LogP contribution >= 0.6 is 0 Å². The molecule has 1 aromatic carbocycles. The number of furan rings is 1. The third-order valence-electron chi connectivity index (χ3n) is 8.01. The van der Waals surface area contributed by atoms with E-state index in [1.807, 2.05) is 37.3 Å². The Hall–Kier alpha value is -3.36. The second kappa shape index (κ2) is 13.5. The van der Waals surface area contributed by atoms with Crippen LogP contribution in [0.3, 0.4) is 0 Å². The van der Waals surface area contributed by atoms with Gasteiger partial charge in [0.2, 0.25) is 5.71 Å². The second-order valence-corrected chi connectivity index (χ2v) is 12.0. The summed E-state index contributed by atoms with van der Waals surface area (Å²) in [4.78, 5) is 29.0. The lowest BCUT2D eigenvalue weighted by atomic mass is 9.91. The van der Waals surface area contributed by atoms with Gasteiger partial charge in [-0.25, -0.2) is 14.1 Å². The van der Waals surface area contributed by atoms with Crippen LogP contribution in [0.15, 0.2) is 34.7 Å². The zero-order chi connectivity index (χ0) is 30.6. The summed E-state index contributed by atoms with van der Waals surface area (Å²) in [7, 11) is 1.57. The zero-order valence-electron chi connectivity index (χ0n) is 24.3. The van der Waals surface area contributed by atoms with E-state index in [-0.39, 0.29) is 43.8 Å². The van der Waals surface area contributed by atoms with Crippen molar-refractivity contribution in [2.45, 2.75) is 57.1 Å². The Morgan fingerprint density at radius 2 is 1.93 bits per heavy atom. The lowest BCUT2D eigenvalue weighted by molar-refractivity contribution is -0.0982. The highest BCUT2D eigenvalue weighted by Crippen LogP contribution is 2.44. The Morgan fingerprint density at radius 1 is 1.21 bits per heavy atom. The number of hydrogen-bond donors (Lipinski definition) is 2. The average molecular weight is 615 g/mol. The predicted octanol–water partition coefficient (Wildman–Crippen LogP) is 4.29. The molecule has 1 unspecified atom stereocenters. The molecule has 12 nitrogen and oxygen atoms in total. The van der Waals surface area contributed by atoms with Gasteiger partial charge in [0.15, 0.2) is 0 Å². The maximum Gasteiger partial charge on any atom is 0.506 e. The number of benzene rings is 1. The molecule has 232 valence electrons. The fraction of sp³-hybridized carbons (Fsp3) is 0.500. The Balaban J connectivity index is 1.33. The van der Waals surface area contributed by atoms with Crippen LogP contribution in [0.5, 0.6) is 0 Å². The van der Waals surface area contributed by atoms with Crippen molar-refractivity contribution in [3.63, 3.8) is 0 Å². The molecule has 1 saturated heterocycles. The molecule has 1 saturated carbocycles. The maximum absolute atomic E-state index is 13.0. The second-order valence-electron chi connectivity index (χ2n) is 11.0. The Labute approximate surface area is 252 Å². The number of ether oxygens (including phenoxy) is 3. The van der Waals surface area contributed by atoms with Gasteiger partial charge in [0, 0.05) is 49.7 Å². The summed E-state index contributed by atoms with van der Waals surface area (Å²) in [5.74, 6) is 0.346. The normalized spacial score (nSPS) is 17.2. The highest BCUT2D eigenvalue weighted by atomic mass is 32.2. The topological polar surface area (TPSA) is 163 Å². The van der Waals surface area contributed by atoms with Crippen LogP contribution in [0.25, 0.3) is 22.4 Å². The molecule has 0 bridgehead atoms. The van der Waals surface area contributed by atoms with Crippen molar-refractivity contribution in [3.05, 3.63) is 52.7 Å². The largest absolute Gasteiger partial charge is 0.760 e. The molecule has 0 spiro atoms. The minimum atomic E-state index is -2.55. The summed E-state index contributed by atoms with van der Waals surface area (Å²) in [6.45, 7) is 3.19. The zero-order valence-corrected chi connectivity index (χ0v) is 25.1. The first-order valence-electron chi connectivity index (χ1n) is 14.4. The molecule has 3 heterocycles. The van der Waals surface area contributed by atoms with Crippen molar-refractivity contribution in [2.24, 2.45) is 0 Å². The van der Waals surface area contributed by atoms with Crippen LogP contribution in [-0.2, 0) is 32.0 Å². The average Bonchev–Trinajstić information content (AvgIpc) is 3.76. The lowest BCUT2D eigenvalue weighted by Gasteiger charge is -2.35. The van der Waals surface area contributed by atoms with Crippen molar-refractivity contribution in [3.8, 4) is 11.3 Å². The fourth-order valence-corrected chi connectivity index (χ4v) is 5.89. The number of carbonyl (C=O) groups is 2. The molecule has 2 fully saturated rings. The summed E-state index contributed by atoms with van der Waals surface area (Å²) >= 11 is -2.55. The third kappa shape index (κ3) is 7.42. The van der Waals surface area contributed by atoms with E-state index < -0.39 is 23.0 Å². The minimum absolute atomic E-state index is 0.0144. The van der Waals surface area contributed by atoms with Gasteiger partial charge in [-0.05, 0) is 37.3 Å². The third-order valence-corrected chi connectivity index (χ3v) is 8.75. The number of carboxylic acid groups (broad SMARTS) is 1. The maximum atomic E-state index is 13.0. The van der Waals surface area contributed by atoms with Gasteiger partial charge < -0.3 is 33.6 Å². The number of pyridine rings is 1. The molecule has 1 amide bonds. The number of nitrogens with zero attached hydrogens (tertiary/aromatic N) is 2. The van der Waals surface area contributed by atoms with Crippen molar-refractivity contribution in [2.75, 3.05) is 40.0 Å². The lowest BCUT2D eigenvalue weighted by Crippen LogP contribution is -2.41. The first kappa shape index (κ1) is 31.1. The van der Waals surface area contributed by atoms with Crippen LogP contribution in [0.1, 0.15) is 65.2 Å². The Bertz CT molecular complexity index is 1480. The van der Waals surface area contributed by atoms with E-state index in [0.717, 1.165) is 29.5 Å². The monoisotopic (exact) mass is 614 g/mol. The molecule has 5 rings (SSSR count). The molecule has 1 atom stereocenters. The van der Waals surface area contributed by atoms with Gasteiger partial charge in [0.1, 0.15) is 11.4 Å². The summed E-state index contributed by atoms with van der Waals surface area (Å²) in [6.07, 6.45) is 1.80. The molecular formula is C30H36N3O9S-. The number of aromatic nitrogens is 1. The number of aryl methyl sites for hydroxylation is 1. The first-order valence-corrected chi connectivity index (χ1v) is 15.4. The quantitative estimate of drug-likeness (QED) is 0.161. The number of amides is 1. The minimum Gasteiger partial charge on any atom is -0.760 e. The molecule has 1 aliphatic carbocycles. The van der Waals surface area contributed by atoms with Gasteiger partial charge in [-0.1, -0.05) is 29.8 Å². The Morgan fingerprint density at radius 3 is 2.56 bits per heavy atom. The van der Waals surface area contributed by atoms with E-state index in [0.29, 0.717) is 54.9 Å². The van der Waals surface area contributed by atoms with Crippen molar-refractivity contribution < 1.29 is 42.1 Å². The summed E-state index contributed by atoms with van der Waals surface area (Å²) in [5.41, 5.74) is 3.09. The van der Waals surface area contributed by atoms with Crippen molar-refractivity contribution in [1.82, 2.24) is 14.6 Å². The van der Waals surface area contributed by atoms with E-state index in [4.69, 9.17) is 28.7 Å². The molecular weight excluding hydrogens is 578 g/mol. The molecule has 2 aromatic heterocycles. The van der Waals surface area contributed by atoms with Crippen molar-refractivity contribution >= 4 is 34.4 Å². The smallest absolute Gasteiger partial charge is 0.506 e. The number of fused-ring (bicyclic) bond motifs is 1. The standard InChI is InChI=1S/C30H37N3O9S/c1-19-3-5-21(6-4-19)26-25(27(34)31-2)23-17-22(20-7-8-20)24(32-28(23)41-26)18-33(43(37)38)12-16-40-15-11-30(42-29(35)36)9-13-39-14-10-30/h3-6,17,20H,7-16,18H2,1-2H3,(H,31,34)(H,35,36)(H,37,38)/p-1. The van der Waals surface area contributed by atoms with Crippen LogP contribution in [0.2, 0.25) is 0 Å². The number of hydrogen-bond acceptors (Lipinski definition) is 9. The first-order chi connectivity index (χ1) is 20.7. The van der Waals surface area contributed by atoms with Gasteiger partial charge in [-0.2, -0.15) is 0 Å². The summed E-state index contributed by atoms with van der Waals surface area (Å²) in [6, 6.07) is 9.58. The number of nitrogens with one attached hydrogen (secondary N) is 1. The highest BCUT2D eigenvalue weighted by molar-refractivity contribution is 7.76.